The number of benzene rings is 1. The van der Waals surface area contributed by atoms with Crippen molar-refractivity contribution in [1.82, 2.24) is 5.32 Å². The summed E-state index contributed by atoms with van der Waals surface area (Å²) in [5, 5.41) is 3.25. The van der Waals surface area contributed by atoms with Gasteiger partial charge in [-0.1, -0.05) is 11.6 Å². The Kier molecular flexibility index (Phi) is 7.28. The second kappa shape index (κ2) is 8.71. The molecule has 21 heavy (non-hydrogen) atoms. The predicted molar refractivity (Wildman–Crippen MR) is 80.9 cm³/mol. The maximum atomic E-state index is 11.8. The molecule has 0 aliphatic rings. The third-order valence-corrected chi connectivity index (χ3v) is 2.93. The fraction of sp³-hybridized carbons (Fsp3) is 0.500. The van der Waals surface area contributed by atoms with E-state index in [9.17, 15) is 4.79 Å². The molecule has 118 valence electrons. The van der Waals surface area contributed by atoms with Crippen molar-refractivity contribution in [3.8, 4) is 11.5 Å². The van der Waals surface area contributed by atoms with Gasteiger partial charge in [0.2, 0.25) is 0 Å². The standard InChI is InChI=1S/C14H21ClN2O4/c1-9(7-19-2)17-13(18)8-21-14-10(6-16)4-11(15)5-12(14)20-3/h4-5,9H,6-8,16H2,1-3H3,(H,17,18). The van der Waals surface area contributed by atoms with Crippen LogP contribution in [0.25, 0.3) is 0 Å². The second-order valence-corrected chi connectivity index (χ2v) is 4.95. The predicted octanol–water partition coefficient (Wildman–Crippen LogP) is 1.34. The Balaban J connectivity index is 2.72. The maximum absolute atomic E-state index is 11.8. The number of rotatable bonds is 8. The third kappa shape index (κ3) is 5.41. The SMILES string of the molecule is COCC(C)NC(=O)COc1c(CN)cc(Cl)cc1OC. The van der Waals surface area contributed by atoms with Crippen LogP contribution in [0.4, 0.5) is 0 Å². The molecule has 6 nitrogen and oxygen atoms in total. The van der Waals surface area contributed by atoms with Crippen LogP contribution in [0, 0.1) is 0 Å². The molecule has 1 unspecified atom stereocenters. The normalized spacial score (nSPS) is 11.9. The maximum Gasteiger partial charge on any atom is 0.258 e. The number of hydrogen-bond donors (Lipinski definition) is 2. The Morgan fingerprint density at radius 1 is 1.43 bits per heavy atom. The number of nitrogens with one attached hydrogen (secondary N) is 1. The van der Waals surface area contributed by atoms with E-state index in [-0.39, 0.29) is 25.1 Å². The van der Waals surface area contributed by atoms with E-state index in [1.165, 1.54) is 7.11 Å². The Morgan fingerprint density at radius 2 is 2.14 bits per heavy atom. The van der Waals surface area contributed by atoms with Crippen LogP contribution >= 0.6 is 11.6 Å². The average molecular weight is 317 g/mol. The minimum atomic E-state index is -0.250. The summed E-state index contributed by atoms with van der Waals surface area (Å²) in [5.41, 5.74) is 6.34. The molecule has 1 atom stereocenters. The Hall–Kier alpha value is -1.50. The highest BCUT2D eigenvalue weighted by Gasteiger charge is 2.14. The van der Waals surface area contributed by atoms with Crippen LogP contribution < -0.4 is 20.5 Å². The molecule has 0 saturated heterocycles. The van der Waals surface area contributed by atoms with E-state index in [1.54, 1.807) is 19.2 Å². The number of methoxy groups -OCH3 is 2. The third-order valence-electron chi connectivity index (χ3n) is 2.71. The van der Waals surface area contributed by atoms with Crippen LogP contribution in [0.1, 0.15) is 12.5 Å². The summed E-state index contributed by atoms with van der Waals surface area (Å²) in [6, 6.07) is 3.21. The molecule has 1 aromatic carbocycles. The number of carbonyl (C=O) groups is 1. The monoisotopic (exact) mass is 316 g/mol. The van der Waals surface area contributed by atoms with Gasteiger partial charge in [-0.2, -0.15) is 0 Å². The minimum Gasteiger partial charge on any atom is -0.493 e. The number of carbonyl (C=O) groups excluding carboxylic acids is 1. The molecule has 0 saturated carbocycles. The number of halogens is 1. The van der Waals surface area contributed by atoms with Gasteiger partial charge in [0.25, 0.3) is 5.91 Å². The number of amides is 1. The lowest BCUT2D eigenvalue weighted by Gasteiger charge is -2.16. The van der Waals surface area contributed by atoms with Gasteiger partial charge >= 0.3 is 0 Å². The van der Waals surface area contributed by atoms with E-state index >= 15 is 0 Å². The lowest BCUT2D eigenvalue weighted by Crippen LogP contribution is -2.38. The smallest absolute Gasteiger partial charge is 0.258 e. The molecule has 1 amide bonds. The van der Waals surface area contributed by atoms with E-state index in [2.05, 4.69) is 5.32 Å². The van der Waals surface area contributed by atoms with Gasteiger partial charge in [0.15, 0.2) is 18.1 Å². The number of nitrogens with two attached hydrogens (primary N) is 1. The lowest BCUT2D eigenvalue weighted by atomic mass is 10.2. The molecule has 0 aromatic heterocycles. The lowest BCUT2D eigenvalue weighted by molar-refractivity contribution is -0.124. The van der Waals surface area contributed by atoms with Gasteiger partial charge in [-0.15, -0.1) is 0 Å². The first-order valence-electron chi connectivity index (χ1n) is 6.49. The van der Waals surface area contributed by atoms with Crippen LogP contribution in [0.5, 0.6) is 11.5 Å². The zero-order valence-corrected chi connectivity index (χ0v) is 13.2. The molecule has 0 heterocycles. The molecule has 0 aliphatic heterocycles. The summed E-state index contributed by atoms with van der Waals surface area (Å²) in [7, 11) is 3.07. The number of ether oxygens (including phenoxy) is 3. The zero-order valence-electron chi connectivity index (χ0n) is 12.4. The van der Waals surface area contributed by atoms with Crippen molar-refractivity contribution in [3.05, 3.63) is 22.7 Å². The van der Waals surface area contributed by atoms with Crippen molar-refractivity contribution in [2.24, 2.45) is 5.73 Å². The van der Waals surface area contributed by atoms with Crippen LogP contribution in [0.3, 0.4) is 0 Å². The first-order chi connectivity index (χ1) is 10.0. The van der Waals surface area contributed by atoms with E-state index in [0.717, 1.165) is 0 Å². The fourth-order valence-corrected chi connectivity index (χ4v) is 2.07. The second-order valence-electron chi connectivity index (χ2n) is 4.51. The van der Waals surface area contributed by atoms with Crippen LogP contribution in [0.15, 0.2) is 12.1 Å². The van der Waals surface area contributed by atoms with Crippen LogP contribution in [-0.2, 0) is 16.1 Å². The van der Waals surface area contributed by atoms with Crippen molar-refractivity contribution in [1.29, 1.82) is 0 Å². The molecule has 0 radical (unpaired) electrons. The van der Waals surface area contributed by atoms with Gasteiger partial charge in [0.1, 0.15) is 0 Å². The first kappa shape index (κ1) is 17.6. The van der Waals surface area contributed by atoms with Gasteiger partial charge in [-0.05, 0) is 13.0 Å². The summed E-state index contributed by atoms with van der Waals surface area (Å²) in [6.45, 7) is 2.37. The first-order valence-corrected chi connectivity index (χ1v) is 6.87. The van der Waals surface area contributed by atoms with Crippen molar-refractivity contribution in [2.45, 2.75) is 19.5 Å². The summed E-state index contributed by atoms with van der Waals surface area (Å²) in [5.74, 6) is 0.624. The Bertz CT molecular complexity index is 457. The van der Waals surface area contributed by atoms with Gasteiger partial charge in [-0.3, -0.25) is 4.79 Å². The highest BCUT2D eigenvalue weighted by Crippen LogP contribution is 2.34. The topological polar surface area (TPSA) is 82.8 Å². The Labute approximate surface area is 129 Å². The number of hydrogen-bond acceptors (Lipinski definition) is 5. The van der Waals surface area contributed by atoms with Crippen molar-refractivity contribution < 1.29 is 19.0 Å². The molecular formula is C14H21ClN2O4. The van der Waals surface area contributed by atoms with Crippen molar-refractivity contribution in [3.63, 3.8) is 0 Å². The molecule has 0 fully saturated rings. The van der Waals surface area contributed by atoms with E-state index in [1.807, 2.05) is 6.92 Å². The van der Waals surface area contributed by atoms with E-state index in [0.29, 0.717) is 28.7 Å². The summed E-state index contributed by atoms with van der Waals surface area (Å²) < 4.78 is 15.7. The highest BCUT2D eigenvalue weighted by molar-refractivity contribution is 6.30. The average Bonchev–Trinajstić information content (AvgIpc) is 2.44. The van der Waals surface area contributed by atoms with E-state index in [4.69, 9.17) is 31.5 Å². The molecule has 0 aliphatic carbocycles. The van der Waals surface area contributed by atoms with E-state index < -0.39 is 0 Å². The van der Waals surface area contributed by atoms with Gasteiger partial charge in [0.05, 0.1) is 13.7 Å². The van der Waals surface area contributed by atoms with Crippen LogP contribution in [-0.4, -0.2) is 39.4 Å². The molecule has 1 rings (SSSR count). The summed E-state index contributed by atoms with van der Waals surface area (Å²) in [4.78, 5) is 11.8. The minimum absolute atomic E-state index is 0.0906. The van der Waals surface area contributed by atoms with Crippen molar-refractivity contribution in [2.75, 3.05) is 27.4 Å². The van der Waals surface area contributed by atoms with Crippen LogP contribution in [0.2, 0.25) is 5.02 Å². The molecule has 0 bridgehead atoms. The van der Waals surface area contributed by atoms with Crippen molar-refractivity contribution >= 4 is 17.5 Å². The highest BCUT2D eigenvalue weighted by atomic mass is 35.5. The van der Waals surface area contributed by atoms with Gasteiger partial charge in [-0.25, -0.2) is 0 Å². The molecule has 0 spiro atoms. The quantitative estimate of drug-likeness (QED) is 0.756. The zero-order chi connectivity index (χ0) is 15.8. The fourth-order valence-electron chi connectivity index (χ4n) is 1.84. The largest absolute Gasteiger partial charge is 0.493 e. The Morgan fingerprint density at radius 3 is 2.71 bits per heavy atom. The molecule has 1 aromatic rings. The summed E-state index contributed by atoms with van der Waals surface area (Å²) in [6.07, 6.45) is 0. The summed E-state index contributed by atoms with van der Waals surface area (Å²) >= 11 is 5.96. The molecule has 7 heteroatoms. The molecular weight excluding hydrogens is 296 g/mol. The van der Waals surface area contributed by atoms with Gasteiger partial charge < -0.3 is 25.3 Å². The van der Waals surface area contributed by atoms with Gasteiger partial charge in [0, 0.05) is 36.3 Å². The molecule has 3 N–H and O–H groups in total.